The Hall–Kier alpha value is -1.47. The van der Waals surface area contributed by atoms with Crippen molar-refractivity contribution >= 4 is 5.91 Å². The van der Waals surface area contributed by atoms with E-state index in [-0.39, 0.29) is 17.8 Å². The van der Waals surface area contributed by atoms with E-state index in [1.807, 2.05) is 0 Å². The van der Waals surface area contributed by atoms with E-state index in [2.05, 4.69) is 15.5 Å². The molecule has 1 aliphatic heterocycles. The number of likely N-dealkylation sites (N-methyl/N-ethyl adjacent to an activating group) is 1. The molecule has 18 heavy (non-hydrogen) atoms. The molecule has 100 valence electrons. The fourth-order valence-electron chi connectivity index (χ4n) is 1.86. The van der Waals surface area contributed by atoms with Crippen LogP contribution in [0, 0.1) is 0 Å². The highest BCUT2D eigenvalue weighted by atomic mass is 16.5. The van der Waals surface area contributed by atoms with Gasteiger partial charge in [-0.1, -0.05) is 5.16 Å². The van der Waals surface area contributed by atoms with Crippen LogP contribution >= 0.6 is 0 Å². The van der Waals surface area contributed by atoms with Gasteiger partial charge in [-0.2, -0.15) is 4.98 Å². The summed E-state index contributed by atoms with van der Waals surface area (Å²) in [4.78, 5) is 17.6. The highest BCUT2D eigenvalue weighted by molar-refractivity contribution is 5.90. The Morgan fingerprint density at radius 3 is 3.17 bits per heavy atom. The van der Waals surface area contributed by atoms with Crippen LogP contribution in [0.5, 0.6) is 0 Å². The lowest BCUT2D eigenvalue weighted by Crippen LogP contribution is -2.30. The van der Waals surface area contributed by atoms with Crippen molar-refractivity contribution in [1.29, 1.82) is 0 Å². The topological polar surface area (TPSA) is 80.5 Å². The zero-order valence-electron chi connectivity index (χ0n) is 10.7. The van der Waals surface area contributed by atoms with Gasteiger partial charge in [0.15, 0.2) is 0 Å². The second kappa shape index (κ2) is 5.92. The van der Waals surface area contributed by atoms with Crippen molar-refractivity contribution < 1.29 is 14.1 Å². The van der Waals surface area contributed by atoms with Crippen molar-refractivity contribution in [3.63, 3.8) is 0 Å². The highest BCUT2D eigenvalue weighted by Crippen LogP contribution is 2.21. The Balaban J connectivity index is 1.98. The molecule has 1 aliphatic rings. The first-order valence-corrected chi connectivity index (χ1v) is 6.03. The maximum Gasteiger partial charge on any atom is 0.295 e. The summed E-state index contributed by atoms with van der Waals surface area (Å²) in [5.74, 6) is 0.355. The summed E-state index contributed by atoms with van der Waals surface area (Å²) >= 11 is 0. The monoisotopic (exact) mass is 254 g/mol. The average Bonchev–Trinajstić information content (AvgIpc) is 3.04. The number of carbonyl (C=O) groups is 1. The molecule has 1 N–H and O–H groups in total. The van der Waals surface area contributed by atoms with E-state index in [0.29, 0.717) is 19.0 Å². The number of amides is 1. The third kappa shape index (κ3) is 2.85. The van der Waals surface area contributed by atoms with E-state index in [1.165, 1.54) is 4.90 Å². The van der Waals surface area contributed by atoms with Crippen molar-refractivity contribution in [2.45, 2.75) is 18.9 Å². The van der Waals surface area contributed by atoms with Crippen LogP contribution in [0.4, 0.5) is 0 Å². The van der Waals surface area contributed by atoms with Gasteiger partial charge < -0.3 is 19.5 Å². The van der Waals surface area contributed by atoms with Gasteiger partial charge in [0.2, 0.25) is 5.89 Å². The maximum atomic E-state index is 11.9. The van der Waals surface area contributed by atoms with Gasteiger partial charge in [-0.3, -0.25) is 4.79 Å². The van der Waals surface area contributed by atoms with Crippen molar-refractivity contribution in [3.8, 4) is 0 Å². The molecule has 1 fully saturated rings. The van der Waals surface area contributed by atoms with Crippen molar-refractivity contribution in [2.75, 3.05) is 33.9 Å². The molecule has 1 aromatic heterocycles. The Morgan fingerprint density at radius 2 is 2.50 bits per heavy atom. The molecule has 0 spiro atoms. The van der Waals surface area contributed by atoms with E-state index in [1.54, 1.807) is 14.2 Å². The zero-order valence-corrected chi connectivity index (χ0v) is 10.7. The summed E-state index contributed by atoms with van der Waals surface area (Å²) in [5.41, 5.74) is 0. The van der Waals surface area contributed by atoms with E-state index >= 15 is 0 Å². The lowest BCUT2D eigenvalue weighted by Gasteiger charge is -2.13. The van der Waals surface area contributed by atoms with Crippen molar-refractivity contribution in [2.24, 2.45) is 0 Å². The lowest BCUT2D eigenvalue weighted by molar-refractivity contribution is 0.0729. The molecule has 1 atom stereocenters. The fourth-order valence-corrected chi connectivity index (χ4v) is 1.86. The van der Waals surface area contributed by atoms with Crippen LogP contribution in [0.15, 0.2) is 4.52 Å². The first-order valence-electron chi connectivity index (χ1n) is 6.03. The normalized spacial score (nSPS) is 19.1. The van der Waals surface area contributed by atoms with Gasteiger partial charge >= 0.3 is 0 Å². The number of hydrogen-bond donors (Lipinski definition) is 1. The van der Waals surface area contributed by atoms with Crippen LogP contribution < -0.4 is 5.32 Å². The summed E-state index contributed by atoms with van der Waals surface area (Å²) in [7, 11) is 3.28. The third-order valence-electron chi connectivity index (χ3n) is 2.97. The summed E-state index contributed by atoms with van der Waals surface area (Å²) in [5, 5.41) is 6.98. The second-order valence-corrected chi connectivity index (χ2v) is 4.32. The molecule has 0 aromatic carbocycles. The van der Waals surface area contributed by atoms with Gasteiger partial charge in [0, 0.05) is 20.7 Å². The van der Waals surface area contributed by atoms with Crippen molar-refractivity contribution in [1.82, 2.24) is 20.4 Å². The smallest absolute Gasteiger partial charge is 0.295 e. The molecular weight excluding hydrogens is 236 g/mol. The summed E-state index contributed by atoms with van der Waals surface area (Å²) in [6.45, 7) is 1.93. The van der Waals surface area contributed by atoms with E-state index < -0.39 is 0 Å². The lowest BCUT2D eigenvalue weighted by atomic mass is 10.2. The van der Waals surface area contributed by atoms with Gasteiger partial charge in [-0.05, 0) is 19.4 Å². The van der Waals surface area contributed by atoms with Crippen LogP contribution in [-0.4, -0.2) is 54.8 Å². The molecule has 2 heterocycles. The quantitative estimate of drug-likeness (QED) is 0.809. The van der Waals surface area contributed by atoms with Gasteiger partial charge in [0.25, 0.3) is 11.7 Å². The number of nitrogens with zero attached hydrogens (tertiary/aromatic N) is 3. The molecule has 0 radical (unpaired) electrons. The van der Waals surface area contributed by atoms with Crippen LogP contribution in [0.3, 0.4) is 0 Å². The Labute approximate surface area is 105 Å². The molecule has 7 nitrogen and oxygen atoms in total. The number of rotatable bonds is 5. The molecule has 1 aromatic rings. The van der Waals surface area contributed by atoms with Crippen LogP contribution in [0.2, 0.25) is 0 Å². The fraction of sp³-hybridized carbons (Fsp3) is 0.727. The van der Waals surface area contributed by atoms with Crippen LogP contribution in [0.1, 0.15) is 35.4 Å². The molecule has 0 aliphatic carbocycles. The molecule has 7 heteroatoms. The Morgan fingerprint density at radius 1 is 1.67 bits per heavy atom. The Kier molecular flexibility index (Phi) is 4.27. The predicted octanol–water partition coefficient (Wildman–Crippen LogP) is 0.213. The number of nitrogens with one attached hydrogen (secondary N) is 1. The molecule has 1 amide bonds. The molecule has 0 saturated carbocycles. The average molecular weight is 254 g/mol. The predicted molar refractivity (Wildman–Crippen MR) is 63.1 cm³/mol. The maximum absolute atomic E-state index is 11.9. The minimum Gasteiger partial charge on any atom is -0.383 e. The van der Waals surface area contributed by atoms with Gasteiger partial charge in [0.1, 0.15) is 0 Å². The van der Waals surface area contributed by atoms with Gasteiger partial charge in [-0.25, -0.2) is 0 Å². The number of aromatic nitrogens is 2. The number of hydrogen-bond acceptors (Lipinski definition) is 6. The van der Waals surface area contributed by atoms with E-state index in [4.69, 9.17) is 9.26 Å². The largest absolute Gasteiger partial charge is 0.383 e. The van der Waals surface area contributed by atoms with Crippen molar-refractivity contribution in [3.05, 3.63) is 11.7 Å². The number of carbonyl (C=O) groups excluding carboxylic acids is 1. The summed E-state index contributed by atoms with van der Waals surface area (Å²) in [6, 6.07) is 0.0864. The minimum atomic E-state index is -0.250. The minimum absolute atomic E-state index is 0.0864. The summed E-state index contributed by atoms with van der Waals surface area (Å²) in [6.07, 6.45) is 2.05. The molecule has 1 saturated heterocycles. The SMILES string of the molecule is COCCN(C)C(=O)c1noc(C2CCCN2)n1. The van der Waals surface area contributed by atoms with Crippen LogP contribution in [-0.2, 0) is 4.74 Å². The molecule has 1 unspecified atom stereocenters. The first-order chi connectivity index (χ1) is 8.72. The highest BCUT2D eigenvalue weighted by Gasteiger charge is 2.25. The third-order valence-corrected chi connectivity index (χ3v) is 2.97. The second-order valence-electron chi connectivity index (χ2n) is 4.32. The molecule has 2 rings (SSSR count). The standard InChI is InChI=1S/C11H18N4O3/c1-15(6-7-17-2)11(16)9-13-10(18-14-9)8-4-3-5-12-8/h8,12H,3-7H2,1-2H3. The number of ether oxygens (including phenoxy) is 1. The van der Waals surface area contributed by atoms with Gasteiger partial charge in [0.05, 0.1) is 12.6 Å². The number of methoxy groups -OCH3 is 1. The van der Waals surface area contributed by atoms with Crippen LogP contribution in [0.25, 0.3) is 0 Å². The summed E-state index contributed by atoms with van der Waals surface area (Å²) < 4.78 is 10.0. The molecular formula is C11H18N4O3. The first kappa shape index (κ1) is 13.0. The van der Waals surface area contributed by atoms with E-state index in [0.717, 1.165) is 19.4 Å². The molecule has 0 bridgehead atoms. The Bertz CT molecular complexity index is 401. The van der Waals surface area contributed by atoms with Gasteiger partial charge in [-0.15, -0.1) is 0 Å². The zero-order chi connectivity index (χ0) is 13.0. The van der Waals surface area contributed by atoms with E-state index in [9.17, 15) is 4.79 Å².